The van der Waals surface area contributed by atoms with Crippen molar-refractivity contribution in [1.82, 2.24) is 5.43 Å². The van der Waals surface area contributed by atoms with E-state index in [4.69, 9.17) is 16.3 Å². The second-order valence-corrected chi connectivity index (χ2v) is 8.30. The Morgan fingerprint density at radius 1 is 0.971 bits per heavy atom. The van der Waals surface area contributed by atoms with E-state index in [0.29, 0.717) is 27.4 Å². The Hall–Kier alpha value is -3.97. The molecule has 0 heterocycles. The number of nitrogens with zero attached hydrogens (tertiary/aromatic N) is 1. The first-order valence-electron chi connectivity index (χ1n) is 10.6. The first-order chi connectivity index (χ1) is 16.2. The number of esters is 1. The van der Waals surface area contributed by atoms with E-state index in [1.807, 2.05) is 13.0 Å². The van der Waals surface area contributed by atoms with Crippen molar-refractivity contribution in [3.8, 4) is 5.75 Å². The van der Waals surface area contributed by atoms with Gasteiger partial charge in [0.2, 0.25) is 5.91 Å². The largest absolute Gasteiger partial charge is 0.422 e. The van der Waals surface area contributed by atoms with Crippen molar-refractivity contribution in [2.45, 2.75) is 20.8 Å². The lowest BCUT2D eigenvalue weighted by atomic mass is 10.1. The number of aryl methyl sites for hydroxylation is 1. The number of nitrogens with one attached hydrogen (secondary N) is 2. The highest BCUT2D eigenvalue weighted by Gasteiger charge is 2.12. The Morgan fingerprint density at radius 3 is 2.38 bits per heavy atom. The molecule has 2 amide bonds. The molecule has 0 spiro atoms. The summed E-state index contributed by atoms with van der Waals surface area (Å²) in [6, 6.07) is 18.2. The number of carbonyl (C=O) groups is 3. The minimum absolute atomic E-state index is 0.109. The normalized spacial score (nSPS) is 10.9. The molecule has 0 atom stereocenters. The quantitative estimate of drug-likeness (QED) is 0.211. The zero-order valence-electron chi connectivity index (χ0n) is 19.0. The van der Waals surface area contributed by atoms with Crippen molar-refractivity contribution in [3.63, 3.8) is 0 Å². The molecule has 8 heteroatoms. The van der Waals surface area contributed by atoms with Crippen LogP contribution in [-0.2, 0) is 4.79 Å². The van der Waals surface area contributed by atoms with Gasteiger partial charge in [-0.1, -0.05) is 43.1 Å². The van der Waals surface area contributed by atoms with Crippen molar-refractivity contribution in [2.75, 3.05) is 5.32 Å². The highest BCUT2D eigenvalue weighted by atomic mass is 35.5. The van der Waals surface area contributed by atoms with E-state index in [9.17, 15) is 14.4 Å². The number of rotatable bonds is 7. The predicted molar refractivity (Wildman–Crippen MR) is 133 cm³/mol. The second-order valence-electron chi connectivity index (χ2n) is 7.86. The number of halogens is 1. The van der Waals surface area contributed by atoms with Gasteiger partial charge in [-0.2, -0.15) is 5.10 Å². The number of hydrogen-bond donors (Lipinski definition) is 2. The van der Waals surface area contributed by atoms with Gasteiger partial charge in [-0.15, -0.1) is 0 Å². The maximum absolute atomic E-state index is 12.5. The summed E-state index contributed by atoms with van der Waals surface area (Å²) in [5, 5.41) is 7.14. The lowest BCUT2D eigenvalue weighted by Crippen LogP contribution is -2.19. The van der Waals surface area contributed by atoms with Gasteiger partial charge in [-0.25, -0.2) is 10.2 Å². The summed E-state index contributed by atoms with van der Waals surface area (Å²) in [5.74, 6) is -0.973. The predicted octanol–water partition coefficient (Wildman–Crippen LogP) is 5.23. The third kappa shape index (κ3) is 6.76. The summed E-state index contributed by atoms with van der Waals surface area (Å²) in [6.07, 6.45) is 1.35. The Labute approximate surface area is 202 Å². The lowest BCUT2D eigenvalue weighted by Gasteiger charge is -2.09. The standard InChI is InChI=1S/C26H24ClN3O4/c1-16(2)24(31)29-22-10-7-18(8-11-22)25(32)30-28-15-20-14-21(27)9-12-23(20)34-26(33)19-6-4-5-17(3)13-19/h4-16H,1-3H3,(H,29,31)(H,30,32)/b28-15+. The van der Waals surface area contributed by atoms with Crippen LogP contribution in [0.15, 0.2) is 71.8 Å². The summed E-state index contributed by atoms with van der Waals surface area (Å²) in [4.78, 5) is 36.7. The molecular weight excluding hydrogens is 454 g/mol. The van der Waals surface area contributed by atoms with Gasteiger partial charge in [0.15, 0.2) is 0 Å². The second kappa shape index (κ2) is 11.2. The van der Waals surface area contributed by atoms with Crippen LogP contribution >= 0.6 is 11.6 Å². The maximum Gasteiger partial charge on any atom is 0.343 e. The molecule has 174 valence electrons. The van der Waals surface area contributed by atoms with Crippen molar-refractivity contribution < 1.29 is 19.1 Å². The highest BCUT2D eigenvalue weighted by molar-refractivity contribution is 6.31. The summed E-state index contributed by atoms with van der Waals surface area (Å²) < 4.78 is 5.51. The Morgan fingerprint density at radius 2 is 1.71 bits per heavy atom. The number of hydrogen-bond acceptors (Lipinski definition) is 5. The third-order valence-electron chi connectivity index (χ3n) is 4.74. The van der Waals surface area contributed by atoms with E-state index in [0.717, 1.165) is 5.56 Å². The molecule has 3 rings (SSSR count). The fourth-order valence-electron chi connectivity index (χ4n) is 2.86. The monoisotopic (exact) mass is 477 g/mol. The number of anilines is 1. The van der Waals surface area contributed by atoms with E-state index in [1.54, 1.807) is 74.5 Å². The molecule has 0 aromatic heterocycles. The molecule has 0 unspecified atom stereocenters. The molecule has 0 saturated heterocycles. The minimum Gasteiger partial charge on any atom is -0.422 e. The lowest BCUT2D eigenvalue weighted by molar-refractivity contribution is -0.118. The number of ether oxygens (including phenoxy) is 1. The molecular formula is C26H24ClN3O4. The summed E-state index contributed by atoms with van der Waals surface area (Å²) in [5.41, 5.74) is 5.15. The zero-order valence-corrected chi connectivity index (χ0v) is 19.7. The van der Waals surface area contributed by atoms with Crippen LogP contribution in [0, 0.1) is 12.8 Å². The Kier molecular flexibility index (Phi) is 8.16. The van der Waals surface area contributed by atoms with Crippen molar-refractivity contribution in [1.29, 1.82) is 0 Å². The van der Waals surface area contributed by atoms with Crippen LogP contribution < -0.4 is 15.5 Å². The van der Waals surface area contributed by atoms with Gasteiger partial charge < -0.3 is 10.1 Å². The first kappa shape index (κ1) is 24.7. The molecule has 2 N–H and O–H groups in total. The van der Waals surface area contributed by atoms with E-state index in [2.05, 4.69) is 15.8 Å². The molecule has 0 fully saturated rings. The van der Waals surface area contributed by atoms with Crippen molar-refractivity contribution in [3.05, 3.63) is 94.0 Å². The molecule has 0 radical (unpaired) electrons. The molecule has 0 bridgehead atoms. The van der Waals surface area contributed by atoms with E-state index >= 15 is 0 Å². The highest BCUT2D eigenvalue weighted by Crippen LogP contribution is 2.23. The Balaban J connectivity index is 1.67. The fraction of sp³-hybridized carbons (Fsp3) is 0.154. The van der Waals surface area contributed by atoms with Gasteiger partial charge in [0.1, 0.15) is 5.75 Å². The number of amides is 2. The average Bonchev–Trinajstić information content (AvgIpc) is 2.81. The van der Waals surface area contributed by atoms with Crippen LogP contribution in [0.5, 0.6) is 5.75 Å². The smallest absolute Gasteiger partial charge is 0.343 e. The first-order valence-corrected chi connectivity index (χ1v) is 10.9. The average molecular weight is 478 g/mol. The van der Waals surface area contributed by atoms with Gasteiger partial charge in [0.05, 0.1) is 11.8 Å². The molecule has 34 heavy (non-hydrogen) atoms. The van der Waals surface area contributed by atoms with E-state index in [-0.39, 0.29) is 17.6 Å². The Bertz CT molecular complexity index is 1240. The van der Waals surface area contributed by atoms with Crippen LogP contribution in [0.2, 0.25) is 5.02 Å². The summed E-state index contributed by atoms with van der Waals surface area (Å²) in [7, 11) is 0. The third-order valence-corrected chi connectivity index (χ3v) is 4.97. The van der Waals surface area contributed by atoms with Gasteiger partial charge in [0, 0.05) is 27.8 Å². The minimum atomic E-state index is -0.519. The molecule has 7 nitrogen and oxygen atoms in total. The van der Waals surface area contributed by atoms with Crippen LogP contribution in [-0.4, -0.2) is 24.0 Å². The van der Waals surface area contributed by atoms with Gasteiger partial charge in [-0.05, 0) is 61.5 Å². The van der Waals surface area contributed by atoms with Crippen LogP contribution in [0.25, 0.3) is 0 Å². The van der Waals surface area contributed by atoms with Crippen LogP contribution in [0.3, 0.4) is 0 Å². The molecule has 0 aliphatic heterocycles. The molecule has 3 aromatic carbocycles. The SMILES string of the molecule is Cc1cccc(C(=O)Oc2ccc(Cl)cc2/C=N/NC(=O)c2ccc(NC(=O)C(C)C)cc2)c1. The van der Waals surface area contributed by atoms with Gasteiger partial charge in [0.25, 0.3) is 5.91 Å². The maximum atomic E-state index is 12.5. The van der Waals surface area contributed by atoms with Crippen molar-refractivity contribution >= 4 is 41.3 Å². The van der Waals surface area contributed by atoms with E-state index in [1.165, 1.54) is 6.21 Å². The molecule has 3 aromatic rings. The van der Waals surface area contributed by atoms with Crippen LogP contribution in [0.1, 0.15) is 45.7 Å². The number of benzene rings is 3. The zero-order chi connectivity index (χ0) is 24.7. The summed E-state index contributed by atoms with van der Waals surface area (Å²) >= 11 is 6.08. The number of carbonyl (C=O) groups excluding carboxylic acids is 3. The van der Waals surface area contributed by atoms with Crippen molar-refractivity contribution in [2.24, 2.45) is 11.0 Å². The molecule has 0 aliphatic rings. The molecule has 0 saturated carbocycles. The fourth-order valence-corrected chi connectivity index (χ4v) is 3.04. The van der Waals surface area contributed by atoms with E-state index < -0.39 is 11.9 Å². The topological polar surface area (TPSA) is 96.9 Å². The molecule has 0 aliphatic carbocycles. The number of hydrazone groups is 1. The van der Waals surface area contributed by atoms with Crippen LogP contribution in [0.4, 0.5) is 5.69 Å². The summed E-state index contributed by atoms with van der Waals surface area (Å²) in [6.45, 7) is 5.48. The van der Waals surface area contributed by atoms with Gasteiger partial charge >= 0.3 is 5.97 Å². The van der Waals surface area contributed by atoms with Gasteiger partial charge in [-0.3, -0.25) is 9.59 Å².